The van der Waals surface area contributed by atoms with E-state index in [2.05, 4.69) is 175 Å². The van der Waals surface area contributed by atoms with Crippen molar-refractivity contribution < 1.29 is 0 Å². The van der Waals surface area contributed by atoms with E-state index < -0.39 is 5.41 Å². The van der Waals surface area contributed by atoms with Gasteiger partial charge in [0.2, 0.25) is 0 Å². The molecule has 256 valence electrons. The summed E-state index contributed by atoms with van der Waals surface area (Å²) in [6.07, 6.45) is 0. The van der Waals surface area contributed by atoms with Gasteiger partial charge in [0, 0.05) is 16.7 Å². The minimum Gasteiger partial charge on any atom is -0.238 e. The first-order valence-electron chi connectivity index (χ1n) is 18.5. The molecule has 8 aromatic carbocycles. The summed E-state index contributed by atoms with van der Waals surface area (Å²) in [5.74, 6) is 0.689. The third-order valence-corrected chi connectivity index (χ3v) is 11.0. The molecule has 0 saturated carbocycles. The number of hydrogen-bond donors (Lipinski definition) is 0. The lowest BCUT2D eigenvalue weighted by Crippen LogP contribution is -2.28. The summed E-state index contributed by atoms with van der Waals surface area (Å²) >= 11 is 0. The zero-order valence-electron chi connectivity index (χ0n) is 29.9. The number of rotatable bonds is 6. The molecule has 0 aliphatic heterocycles. The molecule has 0 N–H and O–H groups in total. The van der Waals surface area contributed by atoms with Crippen molar-refractivity contribution in [2.24, 2.45) is 0 Å². The van der Waals surface area contributed by atoms with E-state index in [0.717, 1.165) is 61.3 Å². The average Bonchev–Trinajstić information content (AvgIpc) is 3.57. The van der Waals surface area contributed by atoms with E-state index in [-0.39, 0.29) is 0 Å². The Morgan fingerprint density at radius 2 is 0.982 bits per heavy atom. The molecule has 1 aliphatic rings. The summed E-state index contributed by atoms with van der Waals surface area (Å²) in [4.78, 5) is 14.3. The lowest BCUT2D eigenvalue weighted by Gasteiger charge is -2.34. The molecule has 0 bridgehead atoms. The maximum Gasteiger partial charge on any atom is 0.195 e. The van der Waals surface area contributed by atoms with Crippen LogP contribution in [0.5, 0.6) is 0 Å². The normalized spacial score (nSPS) is 12.5. The van der Waals surface area contributed by atoms with Gasteiger partial charge in [0.05, 0.1) is 23.4 Å². The Hall–Kier alpha value is -7.41. The van der Waals surface area contributed by atoms with Crippen molar-refractivity contribution in [1.29, 1.82) is 0 Å². The second-order valence-corrected chi connectivity index (χ2v) is 14.0. The van der Waals surface area contributed by atoms with Crippen LogP contribution in [0.25, 0.3) is 71.8 Å². The van der Waals surface area contributed by atoms with Crippen molar-refractivity contribution >= 4 is 16.5 Å². The van der Waals surface area contributed by atoms with Gasteiger partial charge in [-0.15, -0.1) is 0 Å². The summed E-state index contributed by atoms with van der Waals surface area (Å²) in [7, 11) is 0. The van der Waals surface area contributed by atoms with Crippen molar-refractivity contribution in [2.75, 3.05) is 0 Å². The standard InChI is InChI=1S/C52H33N3/c1-53-47-26-14-25-45-50(47)44-30-29-39(33-46(44)52(45,42-21-7-3-8-22-42)43-23-9-4-10-24-43)38-19-13-20-40(31-38)49-34-48(36-16-5-2-6-17-36)54-51(55-49)41-28-27-35-15-11-12-18-37(35)32-41/h2-34H. The van der Waals surface area contributed by atoms with E-state index in [4.69, 9.17) is 16.5 Å². The third kappa shape index (κ3) is 5.35. The van der Waals surface area contributed by atoms with Crippen molar-refractivity contribution in [3.8, 4) is 56.2 Å². The fourth-order valence-electron chi connectivity index (χ4n) is 8.46. The highest BCUT2D eigenvalue weighted by Crippen LogP contribution is 2.59. The fourth-order valence-corrected chi connectivity index (χ4v) is 8.46. The zero-order chi connectivity index (χ0) is 36.8. The Balaban J connectivity index is 1.16. The predicted octanol–water partition coefficient (Wildman–Crippen LogP) is 13.2. The summed E-state index contributed by atoms with van der Waals surface area (Å²) in [5.41, 5.74) is 13.8. The largest absolute Gasteiger partial charge is 0.238 e. The predicted molar refractivity (Wildman–Crippen MR) is 225 cm³/mol. The lowest BCUT2D eigenvalue weighted by atomic mass is 9.67. The Bertz CT molecular complexity index is 2890. The molecule has 10 rings (SSSR count). The van der Waals surface area contributed by atoms with E-state index in [0.29, 0.717) is 11.5 Å². The molecule has 0 atom stereocenters. The smallest absolute Gasteiger partial charge is 0.195 e. The van der Waals surface area contributed by atoms with Gasteiger partial charge in [-0.3, -0.25) is 0 Å². The molecular formula is C52H33N3. The summed E-state index contributed by atoms with van der Waals surface area (Å²) < 4.78 is 0. The summed E-state index contributed by atoms with van der Waals surface area (Å²) in [6.45, 7) is 8.16. The van der Waals surface area contributed by atoms with Crippen LogP contribution in [0.1, 0.15) is 22.3 Å². The van der Waals surface area contributed by atoms with E-state index in [9.17, 15) is 0 Å². The lowest BCUT2D eigenvalue weighted by molar-refractivity contribution is 0.769. The summed E-state index contributed by atoms with van der Waals surface area (Å²) in [6, 6.07) is 70.3. The van der Waals surface area contributed by atoms with Gasteiger partial charge in [0.25, 0.3) is 0 Å². The minimum absolute atomic E-state index is 0.604. The molecule has 0 saturated heterocycles. The highest BCUT2D eigenvalue weighted by Gasteiger charge is 2.46. The Kier molecular flexibility index (Phi) is 7.75. The van der Waals surface area contributed by atoms with Crippen LogP contribution < -0.4 is 0 Å². The van der Waals surface area contributed by atoms with E-state index >= 15 is 0 Å². The first-order valence-corrected chi connectivity index (χ1v) is 18.5. The molecule has 3 nitrogen and oxygen atoms in total. The molecule has 0 amide bonds. The molecule has 0 spiro atoms. The maximum absolute atomic E-state index is 8.16. The molecule has 9 aromatic rings. The SMILES string of the molecule is [C-]#[N+]c1cccc2c1-c1ccc(-c3cccc(-c4cc(-c5ccccc5)nc(-c5ccc6ccccc6c5)n4)c3)cc1C2(c1ccccc1)c1ccccc1. The molecule has 1 heterocycles. The first kappa shape index (κ1) is 32.3. The van der Waals surface area contributed by atoms with Crippen molar-refractivity contribution in [3.05, 3.63) is 234 Å². The Labute approximate surface area is 320 Å². The topological polar surface area (TPSA) is 30.1 Å². The van der Waals surface area contributed by atoms with Gasteiger partial charge in [-0.25, -0.2) is 14.8 Å². The molecule has 0 fully saturated rings. The van der Waals surface area contributed by atoms with Crippen molar-refractivity contribution in [2.45, 2.75) is 5.41 Å². The molecule has 0 unspecified atom stereocenters. The van der Waals surface area contributed by atoms with Gasteiger partial charge in [-0.1, -0.05) is 176 Å². The van der Waals surface area contributed by atoms with Crippen LogP contribution in [0.2, 0.25) is 0 Å². The zero-order valence-corrected chi connectivity index (χ0v) is 29.9. The highest BCUT2D eigenvalue weighted by molar-refractivity contribution is 5.95. The number of hydrogen-bond acceptors (Lipinski definition) is 2. The van der Waals surface area contributed by atoms with Crippen LogP contribution in [-0.2, 0) is 5.41 Å². The molecule has 1 aliphatic carbocycles. The number of benzene rings is 8. The van der Waals surface area contributed by atoms with Crippen molar-refractivity contribution in [3.63, 3.8) is 0 Å². The van der Waals surface area contributed by atoms with Crippen LogP contribution in [0.15, 0.2) is 200 Å². The van der Waals surface area contributed by atoms with Crippen LogP contribution >= 0.6 is 0 Å². The second kappa shape index (κ2) is 13.2. The van der Waals surface area contributed by atoms with Crippen LogP contribution in [0.3, 0.4) is 0 Å². The Morgan fingerprint density at radius 3 is 1.71 bits per heavy atom. The minimum atomic E-state index is -0.604. The van der Waals surface area contributed by atoms with E-state index in [1.54, 1.807) is 0 Å². The fraction of sp³-hybridized carbons (Fsp3) is 0.0192. The van der Waals surface area contributed by atoms with E-state index in [1.807, 2.05) is 30.3 Å². The number of fused-ring (bicyclic) bond motifs is 4. The van der Waals surface area contributed by atoms with Gasteiger partial charge in [0.15, 0.2) is 11.5 Å². The average molecular weight is 700 g/mol. The third-order valence-electron chi connectivity index (χ3n) is 11.0. The number of nitrogens with zero attached hydrogens (tertiary/aromatic N) is 3. The molecule has 3 heteroatoms. The second-order valence-electron chi connectivity index (χ2n) is 14.0. The molecule has 55 heavy (non-hydrogen) atoms. The summed E-state index contributed by atoms with van der Waals surface area (Å²) in [5, 5.41) is 2.34. The van der Waals surface area contributed by atoms with Gasteiger partial charge < -0.3 is 0 Å². The quantitative estimate of drug-likeness (QED) is 0.162. The van der Waals surface area contributed by atoms with Crippen LogP contribution in [-0.4, -0.2) is 9.97 Å². The maximum atomic E-state index is 8.16. The van der Waals surface area contributed by atoms with Crippen molar-refractivity contribution in [1.82, 2.24) is 9.97 Å². The van der Waals surface area contributed by atoms with Gasteiger partial charge in [-0.2, -0.15) is 0 Å². The number of aromatic nitrogens is 2. The van der Waals surface area contributed by atoms with Gasteiger partial charge in [-0.05, 0) is 79.5 Å². The molecular weight excluding hydrogens is 667 g/mol. The van der Waals surface area contributed by atoms with E-state index in [1.165, 1.54) is 22.1 Å². The Morgan fingerprint density at radius 1 is 0.400 bits per heavy atom. The van der Waals surface area contributed by atoms with Crippen LogP contribution in [0.4, 0.5) is 5.69 Å². The van der Waals surface area contributed by atoms with Gasteiger partial charge in [0.1, 0.15) is 0 Å². The highest BCUT2D eigenvalue weighted by atomic mass is 14.9. The molecule has 0 radical (unpaired) electrons. The molecule has 1 aromatic heterocycles. The van der Waals surface area contributed by atoms with Gasteiger partial charge >= 0.3 is 0 Å². The van der Waals surface area contributed by atoms with Crippen LogP contribution in [0, 0.1) is 6.57 Å². The first-order chi connectivity index (χ1) is 27.2. The monoisotopic (exact) mass is 699 g/mol.